The first kappa shape index (κ1) is 15.5. The number of para-hydroxylation sites is 1. The number of rotatable bonds is 5. The molecule has 0 radical (unpaired) electrons. The van der Waals surface area contributed by atoms with Crippen LogP contribution in [0.3, 0.4) is 0 Å². The topological polar surface area (TPSA) is 32.7 Å². The first-order valence-electron chi connectivity index (χ1n) is 6.74. The van der Waals surface area contributed by atoms with E-state index < -0.39 is 0 Å². The highest BCUT2D eigenvalue weighted by Crippen LogP contribution is 2.15. The van der Waals surface area contributed by atoms with Gasteiger partial charge in [-0.3, -0.25) is 4.79 Å². The second-order valence-electron chi connectivity index (χ2n) is 4.71. The molecule has 0 fully saturated rings. The molecule has 0 bridgehead atoms. The van der Waals surface area contributed by atoms with Crippen LogP contribution >= 0.6 is 0 Å². The van der Waals surface area contributed by atoms with Gasteiger partial charge in [0.05, 0.1) is 17.8 Å². The minimum atomic E-state index is -0.345. The Hall–Kier alpha value is -2.93. The van der Waals surface area contributed by atoms with Crippen molar-refractivity contribution in [2.24, 2.45) is 5.10 Å². The van der Waals surface area contributed by atoms with Gasteiger partial charge in [-0.2, -0.15) is 10.1 Å². The van der Waals surface area contributed by atoms with E-state index in [1.165, 1.54) is 24.1 Å². The molecular weight excluding hydrogens is 279 g/mol. The monoisotopic (exact) mass is 294 g/mol. The fourth-order valence-electron chi connectivity index (χ4n) is 1.92. The molecule has 0 heterocycles. The second kappa shape index (κ2) is 7.19. The Morgan fingerprint density at radius 2 is 1.82 bits per heavy atom. The van der Waals surface area contributed by atoms with Crippen LogP contribution in [0.15, 0.2) is 59.7 Å². The van der Waals surface area contributed by atoms with Crippen molar-refractivity contribution in [2.75, 3.05) is 5.01 Å². The summed E-state index contributed by atoms with van der Waals surface area (Å²) in [5, 5.41) is 5.74. The number of carbonyl (C=O) groups is 1. The van der Waals surface area contributed by atoms with E-state index in [0.29, 0.717) is 17.0 Å². The van der Waals surface area contributed by atoms with Gasteiger partial charge in [0, 0.05) is 6.04 Å². The smallest absolute Gasteiger partial charge is 0.135 e. The summed E-state index contributed by atoms with van der Waals surface area (Å²) in [6, 6.07) is 17.5. The average molecular weight is 294 g/mol. The van der Waals surface area contributed by atoms with Crippen LogP contribution in [-0.4, -0.2) is 11.5 Å². The molecule has 3 nitrogen and oxygen atoms in total. The molecule has 2 aromatic rings. The minimum absolute atomic E-state index is 0.0480. The molecule has 0 spiro atoms. The van der Waals surface area contributed by atoms with Crippen molar-refractivity contribution in [3.05, 3.63) is 66.0 Å². The normalized spacial score (nSPS) is 10.9. The third-order valence-corrected chi connectivity index (χ3v) is 2.94. The van der Waals surface area contributed by atoms with Crippen molar-refractivity contribution in [1.82, 2.24) is 0 Å². The maximum absolute atomic E-state index is 13.1. The van der Waals surface area contributed by atoms with Crippen molar-refractivity contribution in [3.8, 4) is 12.5 Å². The van der Waals surface area contributed by atoms with Gasteiger partial charge >= 0.3 is 0 Å². The molecule has 0 atom stereocenters. The lowest BCUT2D eigenvalue weighted by Gasteiger charge is -2.14. The molecule has 2 aromatic carbocycles. The van der Waals surface area contributed by atoms with E-state index in [4.69, 9.17) is 6.42 Å². The van der Waals surface area contributed by atoms with E-state index in [1.807, 2.05) is 30.3 Å². The predicted molar refractivity (Wildman–Crippen MR) is 86.0 cm³/mol. The first-order valence-corrected chi connectivity index (χ1v) is 6.74. The lowest BCUT2D eigenvalue weighted by atomic mass is 10.1. The molecule has 0 saturated heterocycles. The zero-order valence-corrected chi connectivity index (χ0v) is 12.2. The maximum atomic E-state index is 13.1. The van der Waals surface area contributed by atoms with Crippen molar-refractivity contribution in [2.45, 2.75) is 13.3 Å². The largest absolute Gasteiger partial charge is 0.300 e. The van der Waals surface area contributed by atoms with Gasteiger partial charge in [0.25, 0.3) is 0 Å². The van der Waals surface area contributed by atoms with E-state index in [2.05, 4.69) is 11.1 Å². The number of ketones is 1. The highest BCUT2D eigenvalue weighted by atomic mass is 19.1. The van der Waals surface area contributed by atoms with Crippen LogP contribution in [0.25, 0.3) is 0 Å². The number of nitrogens with zero attached hydrogens (tertiary/aromatic N) is 2. The van der Waals surface area contributed by atoms with E-state index >= 15 is 0 Å². The molecule has 0 amide bonds. The molecule has 0 unspecified atom stereocenters. The second-order valence-corrected chi connectivity index (χ2v) is 4.71. The summed E-state index contributed by atoms with van der Waals surface area (Å²) >= 11 is 0. The number of terminal acetylenes is 1. The van der Waals surface area contributed by atoms with E-state index in [1.54, 1.807) is 12.1 Å². The Bertz CT molecular complexity index is 715. The quantitative estimate of drug-likeness (QED) is 0.365. The standard InChI is InChI=1S/C18H15FN2O/c1-3-21(17-7-5-4-6-8-17)20-18(13-14(2)22)15-9-11-16(19)12-10-15/h1,4-12H,13H2,2H3/b20-18+. The molecule has 0 aromatic heterocycles. The molecule has 0 N–H and O–H groups in total. The van der Waals surface area contributed by atoms with Gasteiger partial charge in [-0.25, -0.2) is 4.39 Å². The average Bonchev–Trinajstić information content (AvgIpc) is 2.52. The molecule has 0 aliphatic heterocycles. The summed E-state index contributed by atoms with van der Waals surface area (Å²) in [6.45, 7) is 1.47. The van der Waals surface area contributed by atoms with Crippen LogP contribution in [0, 0.1) is 18.3 Å². The molecule has 110 valence electrons. The van der Waals surface area contributed by atoms with Crippen molar-refractivity contribution < 1.29 is 9.18 Å². The van der Waals surface area contributed by atoms with Crippen LogP contribution in [0.4, 0.5) is 10.1 Å². The summed E-state index contributed by atoms with van der Waals surface area (Å²) < 4.78 is 13.1. The molecule has 0 saturated carbocycles. The number of hydrogen-bond donors (Lipinski definition) is 0. The molecule has 2 rings (SSSR count). The van der Waals surface area contributed by atoms with Crippen LogP contribution in [0.2, 0.25) is 0 Å². The highest BCUT2D eigenvalue weighted by molar-refractivity contribution is 6.10. The molecule has 0 aliphatic carbocycles. The SMILES string of the molecule is C#CN(/N=C(\CC(C)=O)c1ccc(F)cc1)c1ccccc1. The summed E-state index contributed by atoms with van der Waals surface area (Å²) in [5.74, 6) is -0.393. The molecule has 0 aliphatic rings. The highest BCUT2D eigenvalue weighted by Gasteiger charge is 2.10. The number of carbonyl (C=O) groups excluding carboxylic acids is 1. The number of hydrogen-bond acceptors (Lipinski definition) is 3. The third-order valence-electron chi connectivity index (χ3n) is 2.94. The first-order chi connectivity index (χ1) is 10.6. The van der Waals surface area contributed by atoms with Crippen molar-refractivity contribution in [3.63, 3.8) is 0 Å². The number of anilines is 1. The number of halogens is 1. The van der Waals surface area contributed by atoms with Gasteiger partial charge in [0.15, 0.2) is 0 Å². The molecule has 4 heteroatoms. The fourth-order valence-corrected chi connectivity index (χ4v) is 1.92. The Morgan fingerprint density at radius 3 is 2.36 bits per heavy atom. The molecule has 22 heavy (non-hydrogen) atoms. The van der Waals surface area contributed by atoms with Crippen LogP contribution in [-0.2, 0) is 4.79 Å². The van der Waals surface area contributed by atoms with Crippen LogP contribution in [0.1, 0.15) is 18.9 Å². The van der Waals surface area contributed by atoms with Gasteiger partial charge in [-0.1, -0.05) is 36.8 Å². The Balaban J connectivity index is 2.41. The Morgan fingerprint density at radius 1 is 1.18 bits per heavy atom. The Kier molecular flexibility index (Phi) is 5.05. The Labute approximate surface area is 129 Å². The summed E-state index contributed by atoms with van der Waals surface area (Å²) in [4.78, 5) is 11.5. The lowest BCUT2D eigenvalue weighted by molar-refractivity contribution is -0.115. The van der Waals surface area contributed by atoms with Crippen molar-refractivity contribution >= 4 is 17.2 Å². The summed E-state index contributed by atoms with van der Waals surface area (Å²) in [5.41, 5.74) is 1.87. The van der Waals surface area contributed by atoms with Gasteiger partial charge in [-0.15, -0.1) is 0 Å². The van der Waals surface area contributed by atoms with Gasteiger partial charge in [0.2, 0.25) is 0 Å². The third kappa shape index (κ3) is 4.03. The van der Waals surface area contributed by atoms with E-state index in [9.17, 15) is 9.18 Å². The minimum Gasteiger partial charge on any atom is -0.300 e. The van der Waals surface area contributed by atoms with Gasteiger partial charge in [-0.05, 0) is 36.8 Å². The predicted octanol–water partition coefficient (Wildman–Crippen LogP) is 3.61. The van der Waals surface area contributed by atoms with E-state index in [-0.39, 0.29) is 18.0 Å². The lowest BCUT2D eigenvalue weighted by Crippen LogP contribution is -2.15. The maximum Gasteiger partial charge on any atom is 0.135 e. The van der Waals surface area contributed by atoms with Gasteiger partial charge < -0.3 is 0 Å². The molecular formula is C18H15FN2O. The summed E-state index contributed by atoms with van der Waals surface area (Å²) in [7, 11) is 0. The van der Waals surface area contributed by atoms with Gasteiger partial charge in [0.1, 0.15) is 11.6 Å². The van der Waals surface area contributed by atoms with Crippen molar-refractivity contribution in [1.29, 1.82) is 0 Å². The van der Waals surface area contributed by atoms with Crippen LogP contribution < -0.4 is 5.01 Å². The fraction of sp³-hybridized carbons (Fsp3) is 0.111. The number of Topliss-reactive ketones (excluding diaryl/α,β-unsaturated/α-hetero) is 1. The zero-order chi connectivity index (χ0) is 15.9. The van der Waals surface area contributed by atoms with E-state index in [0.717, 1.165) is 0 Å². The zero-order valence-electron chi connectivity index (χ0n) is 12.2. The summed E-state index contributed by atoms with van der Waals surface area (Å²) in [6.07, 6.45) is 5.63. The van der Waals surface area contributed by atoms with Crippen LogP contribution in [0.5, 0.6) is 0 Å². The number of benzene rings is 2. The number of hydrazone groups is 1.